The fourth-order valence-electron chi connectivity index (χ4n) is 11.5. The molecule has 0 saturated heterocycles. The lowest BCUT2D eigenvalue weighted by Gasteiger charge is -2.70. The van der Waals surface area contributed by atoms with Crippen molar-refractivity contribution in [3.63, 3.8) is 0 Å². The van der Waals surface area contributed by atoms with E-state index in [0.717, 1.165) is 29.6 Å². The van der Waals surface area contributed by atoms with Crippen LogP contribution in [0.3, 0.4) is 0 Å². The van der Waals surface area contributed by atoms with Crippen LogP contribution in [0, 0.1) is 56.7 Å². The molecule has 0 nitrogen and oxygen atoms in total. The van der Waals surface area contributed by atoms with Gasteiger partial charge in [-0.25, -0.2) is 0 Å². The van der Waals surface area contributed by atoms with Crippen molar-refractivity contribution in [3.8, 4) is 0 Å². The fraction of sp³-hybridized carbons (Fsp3) is 0.939. The summed E-state index contributed by atoms with van der Waals surface area (Å²) < 4.78 is 0. The first kappa shape index (κ1) is 24.4. The summed E-state index contributed by atoms with van der Waals surface area (Å²) in [6, 6.07) is 0. The Labute approximate surface area is 207 Å². The van der Waals surface area contributed by atoms with Gasteiger partial charge < -0.3 is 0 Å². The van der Waals surface area contributed by atoms with Crippen molar-refractivity contribution >= 4 is 0 Å². The van der Waals surface area contributed by atoms with Gasteiger partial charge in [-0.15, -0.1) is 0 Å². The molecule has 0 spiro atoms. The number of hydrogen-bond acceptors (Lipinski definition) is 0. The minimum absolute atomic E-state index is 0.383. The minimum Gasteiger partial charge on any atom is -0.0998 e. The van der Waals surface area contributed by atoms with E-state index >= 15 is 0 Å². The number of hydrogen-bond donors (Lipinski definition) is 0. The van der Waals surface area contributed by atoms with Gasteiger partial charge in [-0.1, -0.05) is 67.0 Å². The maximum Gasteiger partial charge on any atom is -0.0238 e. The highest BCUT2D eigenvalue weighted by molar-refractivity contribution is 5.16. The molecule has 5 rings (SSSR count). The molecule has 5 aliphatic rings. The van der Waals surface area contributed by atoms with Gasteiger partial charge in [0.1, 0.15) is 0 Å². The van der Waals surface area contributed by atoms with Crippen LogP contribution in [0.5, 0.6) is 0 Å². The second-order valence-corrected chi connectivity index (χ2v) is 16.4. The minimum atomic E-state index is 0.383. The maximum absolute atomic E-state index is 4.52. The zero-order valence-corrected chi connectivity index (χ0v) is 23.5. The highest BCUT2D eigenvalue weighted by Crippen LogP contribution is 2.75. The molecule has 5 saturated carbocycles. The summed E-state index contributed by atoms with van der Waals surface area (Å²) in [6.45, 7) is 22.6. The van der Waals surface area contributed by atoms with Crippen LogP contribution < -0.4 is 0 Å². The van der Waals surface area contributed by atoms with E-state index in [0.29, 0.717) is 27.1 Å². The molecule has 1 unspecified atom stereocenters. The van der Waals surface area contributed by atoms with Crippen molar-refractivity contribution < 1.29 is 0 Å². The summed E-state index contributed by atoms with van der Waals surface area (Å²) in [6.07, 6.45) is 20.7. The van der Waals surface area contributed by atoms with Gasteiger partial charge in [0.15, 0.2) is 0 Å². The molecule has 5 aliphatic carbocycles. The fourth-order valence-corrected chi connectivity index (χ4v) is 11.5. The van der Waals surface area contributed by atoms with Crippen LogP contribution in [0.1, 0.15) is 138 Å². The standard InChI is InChI=1S/C33H56/c1-23(21-29(2,3)4)20-24-11-12-26-28-14-13-27-25-10-9-15-30(25,5)16-18-32(27,7)33(28,8)19-17-31(26,6)22-24/h24-28H,1,9-22H2,2-8H3/t24-,25?,26-,27-,28-,30-,31+,32-,33-/m1/s1. The van der Waals surface area contributed by atoms with E-state index in [2.05, 4.69) is 55.0 Å². The molecule has 0 amide bonds. The normalized spacial score (nSPS) is 51.8. The van der Waals surface area contributed by atoms with Gasteiger partial charge in [-0.05, 0) is 140 Å². The van der Waals surface area contributed by atoms with Crippen molar-refractivity contribution in [2.75, 3.05) is 0 Å². The number of allylic oxidation sites excluding steroid dienone is 1. The number of rotatable bonds is 3. The van der Waals surface area contributed by atoms with E-state index in [-0.39, 0.29) is 0 Å². The van der Waals surface area contributed by atoms with Crippen molar-refractivity contribution in [2.24, 2.45) is 56.7 Å². The number of fused-ring (bicyclic) bond motifs is 7. The van der Waals surface area contributed by atoms with Crippen LogP contribution in [0.2, 0.25) is 0 Å². The zero-order chi connectivity index (χ0) is 23.9. The molecular formula is C33H56. The molecule has 0 aromatic carbocycles. The third-order valence-electron chi connectivity index (χ3n) is 13.2. The Morgan fingerprint density at radius 2 is 1.24 bits per heavy atom. The smallest absolute Gasteiger partial charge is 0.0238 e. The summed E-state index contributed by atoms with van der Waals surface area (Å²) in [5, 5.41) is 0. The first-order valence-electron chi connectivity index (χ1n) is 15.0. The van der Waals surface area contributed by atoms with Gasteiger partial charge in [0, 0.05) is 0 Å². The molecule has 0 bridgehead atoms. The Hall–Kier alpha value is -0.260. The Kier molecular flexibility index (Phi) is 5.83. The summed E-state index contributed by atoms with van der Waals surface area (Å²) in [5.41, 5.74) is 4.37. The summed E-state index contributed by atoms with van der Waals surface area (Å²) >= 11 is 0. The Morgan fingerprint density at radius 1 is 0.697 bits per heavy atom. The van der Waals surface area contributed by atoms with Crippen LogP contribution in [0.25, 0.3) is 0 Å². The highest BCUT2D eigenvalue weighted by Gasteiger charge is 2.66. The van der Waals surface area contributed by atoms with E-state index in [1.165, 1.54) is 76.2 Å². The van der Waals surface area contributed by atoms with Crippen LogP contribution in [0.4, 0.5) is 0 Å². The van der Waals surface area contributed by atoms with Crippen LogP contribution in [0.15, 0.2) is 12.2 Å². The average Bonchev–Trinajstić information content (AvgIpc) is 3.09. The maximum atomic E-state index is 4.52. The van der Waals surface area contributed by atoms with Gasteiger partial charge in [0.2, 0.25) is 0 Å². The predicted molar refractivity (Wildman–Crippen MR) is 143 cm³/mol. The largest absolute Gasteiger partial charge is 0.0998 e. The molecule has 0 heteroatoms. The highest BCUT2D eigenvalue weighted by atomic mass is 14.7. The van der Waals surface area contributed by atoms with Crippen molar-refractivity contribution in [1.82, 2.24) is 0 Å². The van der Waals surface area contributed by atoms with E-state index in [9.17, 15) is 0 Å². The third kappa shape index (κ3) is 3.82. The predicted octanol–water partition coefficient (Wildman–Crippen LogP) is 10.2. The average molecular weight is 453 g/mol. The summed E-state index contributed by atoms with van der Waals surface area (Å²) in [5.74, 6) is 4.92. The van der Waals surface area contributed by atoms with E-state index in [1.807, 2.05) is 0 Å². The summed E-state index contributed by atoms with van der Waals surface area (Å²) in [7, 11) is 0. The van der Waals surface area contributed by atoms with Gasteiger partial charge >= 0.3 is 0 Å². The second kappa shape index (κ2) is 7.87. The van der Waals surface area contributed by atoms with Crippen molar-refractivity contribution in [1.29, 1.82) is 0 Å². The lowest BCUT2D eigenvalue weighted by atomic mass is 9.35. The summed E-state index contributed by atoms with van der Waals surface area (Å²) in [4.78, 5) is 0. The van der Waals surface area contributed by atoms with E-state index in [4.69, 9.17) is 0 Å². The topological polar surface area (TPSA) is 0 Å². The van der Waals surface area contributed by atoms with Crippen LogP contribution in [-0.4, -0.2) is 0 Å². The molecule has 0 heterocycles. The van der Waals surface area contributed by atoms with E-state index < -0.39 is 0 Å². The molecule has 188 valence electrons. The first-order valence-corrected chi connectivity index (χ1v) is 15.0. The molecule has 5 fully saturated rings. The van der Waals surface area contributed by atoms with Gasteiger partial charge in [0.25, 0.3) is 0 Å². The van der Waals surface area contributed by atoms with Gasteiger partial charge in [0.05, 0.1) is 0 Å². The Morgan fingerprint density at radius 3 is 1.85 bits per heavy atom. The molecule has 33 heavy (non-hydrogen) atoms. The lowest BCUT2D eigenvalue weighted by Crippen LogP contribution is -2.62. The van der Waals surface area contributed by atoms with Crippen molar-refractivity contribution in [3.05, 3.63) is 12.2 Å². The van der Waals surface area contributed by atoms with Gasteiger partial charge in [-0.2, -0.15) is 0 Å². The van der Waals surface area contributed by atoms with Gasteiger partial charge in [-0.3, -0.25) is 0 Å². The molecular weight excluding hydrogens is 396 g/mol. The zero-order valence-electron chi connectivity index (χ0n) is 23.5. The third-order valence-corrected chi connectivity index (χ3v) is 13.2. The van der Waals surface area contributed by atoms with E-state index in [1.54, 1.807) is 19.3 Å². The molecule has 0 aliphatic heterocycles. The van der Waals surface area contributed by atoms with Crippen LogP contribution in [-0.2, 0) is 0 Å². The molecule has 0 N–H and O–H groups in total. The monoisotopic (exact) mass is 452 g/mol. The molecule has 0 aromatic rings. The second-order valence-electron chi connectivity index (χ2n) is 16.4. The quantitative estimate of drug-likeness (QED) is 0.373. The molecule has 0 radical (unpaired) electrons. The van der Waals surface area contributed by atoms with Crippen molar-refractivity contribution in [2.45, 2.75) is 138 Å². The SMILES string of the molecule is C=C(C[C@H]1CC[C@@H]2[C@H]3CC[C@@H]4C5CCC[C@]5(C)CC[C@@]4(C)[C@]3(C)CC[C@@]2(C)C1)CC(C)(C)C. The lowest BCUT2D eigenvalue weighted by molar-refractivity contribution is -0.211. The first-order chi connectivity index (χ1) is 15.3. The Bertz CT molecular complexity index is 769. The van der Waals surface area contributed by atoms with Crippen LogP contribution >= 0.6 is 0 Å². The molecule has 0 aromatic heterocycles. The Balaban J connectivity index is 1.33. The molecule has 9 atom stereocenters.